The van der Waals surface area contributed by atoms with Crippen molar-refractivity contribution in [3.63, 3.8) is 0 Å². The van der Waals surface area contributed by atoms with Crippen molar-refractivity contribution in [2.45, 2.75) is 26.7 Å². The lowest BCUT2D eigenvalue weighted by Gasteiger charge is -2.02. The molecule has 0 atom stereocenters. The Morgan fingerprint density at radius 2 is 2.08 bits per heavy atom. The van der Waals surface area contributed by atoms with Gasteiger partial charge >= 0.3 is 0 Å². The van der Waals surface area contributed by atoms with E-state index in [0.29, 0.717) is 5.13 Å². The molecule has 0 fully saturated rings. The first kappa shape index (κ1) is 17.4. The Bertz CT molecular complexity index is 900. The van der Waals surface area contributed by atoms with Gasteiger partial charge in [0.1, 0.15) is 0 Å². The topological polar surface area (TPSA) is 72.0 Å². The lowest BCUT2D eigenvalue weighted by Crippen LogP contribution is -2.13. The molecule has 0 aliphatic heterocycles. The van der Waals surface area contributed by atoms with Gasteiger partial charge in [0.15, 0.2) is 10.9 Å². The number of pyridine rings is 1. The summed E-state index contributed by atoms with van der Waals surface area (Å²) < 4.78 is 0. The quantitative estimate of drug-likeness (QED) is 0.648. The van der Waals surface area contributed by atoms with E-state index in [0.717, 1.165) is 26.6 Å². The van der Waals surface area contributed by atoms with E-state index in [2.05, 4.69) is 15.3 Å². The molecule has 0 spiro atoms. The Hall–Kier alpha value is -2.38. The highest BCUT2D eigenvalue weighted by Gasteiger charge is 2.14. The highest BCUT2D eigenvalue weighted by Crippen LogP contribution is 2.25. The number of aryl methyl sites for hydroxylation is 2. The number of carbonyl (C=O) groups excluding carboxylic acids is 2. The van der Waals surface area contributed by atoms with E-state index < -0.39 is 0 Å². The minimum atomic E-state index is -0.204. The van der Waals surface area contributed by atoms with Gasteiger partial charge in [-0.15, -0.1) is 22.7 Å². The van der Waals surface area contributed by atoms with Crippen LogP contribution in [-0.2, 0) is 4.79 Å². The van der Waals surface area contributed by atoms with Crippen molar-refractivity contribution in [1.29, 1.82) is 0 Å². The zero-order valence-electron chi connectivity index (χ0n) is 13.9. The number of thiazole rings is 1. The molecule has 5 nitrogen and oxygen atoms in total. The van der Waals surface area contributed by atoms with Gasteiger partial charge in [-0.3, -0.25) is 14.6 Å². The molecule has 0 aromatic carbocycles. The van der Waals surface area contributed by atoms with Gasteiger partial charge in [-0.1, -0.05) is 0 Å². The van der Waals surface area contributed by atoms with Crippen molar-refractivity contribution >= 4 is 39.5 Å². The van der Waals surface area contributed by atoms with Crippen LogP contribution in [0.4, 0.5) is 5.13 Å². The Kier molecular flexibility index (Phi) is 5.35. The molecule has 0 aliphatic carbocycles. The number of amides is 1. The van der Waals surface area contributed by atoms with Crippen LogP contribution in [0.5, 0.6) is 0 Å². The summed E-state index contributed by atoms with van der Waals surface area (Å²) in [6.45, 7) is 3.91. The fraction of sp³-hybridized carbons (Fsp3) is 0.222. The zero-order valence-corrected chi connectivity index (χ0v) is 15.5. The number of carbonyl (C=O) groups is 2. The smallest absolute Gasteiger partial charge is 0.226 e. The number of hydrogen-bond acceptors (Lipinski definition) is 6. The van der Waals surface area contributed by atoms with Crippen LogP contribution in [0.2, 0.25) is 0 Å². The van der Waals surface area contributed by atoms with Crippen molar-refractivity contribution in [3.8, 4) is 11.3 Å². The van der Waals surface area contributed by atoms with Crippen LogP contribution in [0.15, 0.2) is 36.0 Å². The summed E-state index contributed by atoms with van der Waals surface area (Å²) in [6, 6.07) is 5.64. The third-order valence-corrected chi connectivity index (χ3v) is 5.35. The predicted octanol–water partition coefficient (Wildman–Crippen LogP) is 4.49. The molecular formula is C18H17N3O2S2. The van der Waals surface area contributed by atoms with Crippen LogP contribution in [0.25, 0.3) is 11.3 Å². The standard InChI is InChI=1S/C18H17N3O2S2/c1-11-8-14(12(2)25-11)16(22)5-6-17(23)21-18-20-15(10-24-18)13-4-3-7-19-9-13/h3-4,7-10H,5-6H2,1-2H3,(H,20,21,23). The Labute approximate surface area is 153 Å². The second kappa shape index (κ2) is 7.67. The average molecular weight is 371 g/mol. The predicted molar refractivity (Wildman–Crippen MR) is 101 cm³/mol. The van der Waals surface area contributed by atoms with E-state index >= 15 is 0 Å². The highest BCUT2D eigenvalue weighted by molar-refractivity contribution is 7.14. The van der Waals surface area contributed by atoms with Crippen molar-refractivity contribution in [3.05, 3.63) is 51.3 Å². The van der Waals surface area contributed by atoms with Gasteiger partial charge in [-0.2, -0.15) is 0 Å². The number of hydrogen-bond donors (Lipinski definition) is 1. The van der Waals surface area contributed by atoms with Gasteiger partial charge in [0.25, 0.3) is 0 Å². The minimum absolute atomic E-state index is 0.00666. The Morgan fingerprint density at radius 1 is 1.24 bits per heavy atom. The Morgan fingerprint density at radius 3 is 2.76 bits per heavy atom. The molecular weight excluding hydrogens is 354 g/mol. The normalized spacial score (nSPS) is 10.6. The summed E-state index contributed by atoms with van der Waals surface area (Å²) in [5.74, 6) is -0.197. The first-order chi connectivity index (χ1) is 12.0. The van der Waals surface area contributed by atoms with E-state index in [1.54, 1.807) is 23.7 Å². The average Bonchev–Trinajstić information content (AvgIpc) is 3.19. The van der Waals surface area contributed by atoms with Gasteiger partial charge in [0.2, 0.25) is 5.91 Å². The van der Waals surface area contributed by atoms with E-state index in [1.165, 1.54) is 11.3 Å². The van der Waals surface area contributed by atoms with E-state index in [4.69, 9.17) is 0 Å². The van der Waals surface area contributed by atoms with Crippen LogP contribution in [0.3, 0.4) is 0 Å². The monoisotopic (exact) mass is 371 g/mol. The highest BCUT2D eigenvalue weighted by atomic mass is 32.1. The number of Topliss-reactive ketones (excluding diaryl/α,β-unsaturated/α-hetero) is 1. The maximum atomic E-state index is 12.2. The van der Waals surface area contributed by atoms with Crippen molar-refractivity contribution in [2.24, 2.45) is 0 Å². The number of aromatic nitrogens is 2. The molecule has 3 aromatic heterocycles. The van der Waals surface area contributed by atoms with E-state index in [9.17, 15) is 9.59 Å². The zero-order chi connectivity index (χ0) is 17.8. The summed E-state index contributed by atoms with van der Waals surface area (Å²) >= 11 is 2.96. The second-order valence-electron chi connectivity index (χ2n) is 5.58. The molecule has 0 bridgehead atoms. The van der Waals surface area contributed by atoms with Crippen LogP contribution < -0.4 is 5.32 Å². The molecule has 0 saturated carbocycles. The molecule has 3 heterocycles. The fourth-order valence-corrected chi connectivity index (χ4v) is 4.11. The molecule has 0 unspecified atom stereocenters. The van der Waals surface area contributed by atoms with Crippen LogP contribution in [0, 0.1) is 13.8 Å². The van der Waals surface area contributed by atoms with Gasteiger partial charge < -0.3 is 5.32 Å². The summed E-state index contributed by atoms with van der Waals surface area (Å²) in [5.41, 5.74) is 2.40. The SMILES string of the molecule is Cc1cc(C(=O)CCC(=O)Nc2nc(-c3cccnc3)cs2)c(C)s1. The second-order valence-corrected chi connectivity index (χ2v) is 7.90. The first-order valence-corrected chi connectivity index (χ1v) is 9.48. The maximum Gasteiger partial charge on any atom is 0.226 e. The summed E-state index contributed by atoms with van der Waals surface area (Å²) in [4.78, 5) is 34.9. The van der Waals surface area contributed by atoms with Gasteiger partial charge in [-0.05, 0) is 32.0 Å². The van der Waals surface area contributed by atoms with Crippen LogP contribution in [0.1, 0.15) is 33.0 Å². The number of rotatable bonds is 6. The molecule has 25 heavy (non-hydrogen) atoms. The molecule has 1 amide bonds. The van der Waals surface area contributed by atoms with Crippen molar-refractivity contribution in [1.82, 2.24) is 9.97 Å². The number of anilines is 1. The fourth-order valence-electron chi connectivity index (χ4n) is 2.43. The lowest BCUT2D eigenvalue weighted by molar-refractivity contribution is -0.116. The lowest BCUT2D eigenvalue weighted by atomic mass is 10.1. The molecule has 3 aromatic rings. The van der Waals surface area contributed by atoms with Crippen molar-refractivity contribution < 1.29 is 9.59 Å². The molecule has 0 saturated heterocycles. The summed E-state index contributed by atoms with van der Waals surface area (Å²) in [7, 11) is 0. The molecule has 0 radical (unpaired) electrons. The molecule has 0 aliphatic rings. The van der Waals surface area contributed by atoms with Crippen LogP contribution in [-0.4, -0.2) is 21.7 Å². The van der Waals surface area contributed by atoms with Gasteiger partial charge in [0, 0.05) is 51.5 Å². The van der Waals surface area contributed by atoms with Gasteiger partial charge in [0.05, 0.1) is 5.69 Å². The number of ketones is 1. The first-order valence-electron chi connectivity index (χ1n) is 7.79. The Balaban J connectivity index is 1.55. The van der Waals surface area contributed by atoms with E-state index in [1.807, 2.05) is 37.4 Å². The molecule has 1 N–H and O–H groups in total. The van der Waals surface area contributed by atoms with E-state index in [-0.39, 0.29) is 24.5 Å². The van der Waals surface area contributed by atoms with Gasteiger partial charge in [-0.25, -0.2) is 4.98 Å². The van der Waals surface area contributed by atoms with Crippen molar-refractivity contribution in [2.75, 3.05) is 5.32 Å². The number of nitrogens with one attached hydrogen (secondary N) is 1. The molecule has 128 valence electrons. The number of nitrogens with zero attached hydrogens (tertiary/aromatic N) is 2. The molecule has 7 heteroatoms. The minimum Gasteiger partial charge on any atom is -0.302 e. The third-order valence-electron chi connectivity index (χ3n) is 3.63. The number of thiophene rings is 1. The molecule has 3 rings (SSSR count). The third kappa shape index (κ3) is 4.37. The summed E-state index contributed by atoms with van der Waals surface area (Å²) in [6.07, 6.45) is 3.77. The maximum absolute atomic E-state index is 12.2. The largest absolute Gasteiger partial charge is 0.302 e. The van der Waals surface area contributed by atoms with Crippen LogP contribution >= 0.6 is 22.7 Å². The summed E-state index contributed by atoms with van der Waals surface area (Å²) in [5, 5.41) is 5.15.